The van der Waals surface area contributed by atoms with Crippen LogP contribution in [0.4, 0.5) is 0 Å². The summed E-state index contributed by atoms with van der Waals surface area (Å²) in [7, 11) is 0. The molecule has 1 unspecified atom stereocenters. The van der Waals surface area contributed by atoms with Gasteiger partial charge in [-0.1, -0.05) is 48.5 Å². The molecule has 0 saturated carbocycles. The maximum absolute atomic E-state index is 3.57. The smallest absolute Gasteiger partial charge is 0.00106 e. The summed E-state index contributed by atoms with van der Waals surface area (Å²) in [5.74, 6) is 1.53. The molecule has 86 valence electrons. The monoisotopic (exact) mass is 199 g/mol. The molecule has 0 rings (SSSR count). The standard InChI is InChI=1S/C13H29N/c1-10(2)8-13(7,11(3)4)9-14-12(5)6/h10-12,14H,8-9H2,1-7H3. The Hall–Kier alpha value is -0.0400. The molecule has 1 nitrogen and oxygen atoms in total. The minimum atomic E-state index is 0.443. The predicted molar refractivity (Wildman–Crippen MR) is 65.5 cm³/mol. The molecule has 0 aromatic heterocycles. The second-order valence-electron chi connectivity index (χ2n) is 5.94. The van der Waals surface area contributed by atoms with Crippen molar-refractivity contribution >= 4 is 0 Å². The van der Waals surface area contributed by atoms with E-state index in [2.05, 4.69) is 53.8 Å². The lowest BCUT2D eigenvalue weighted by Crippen LogP contribution is -2.39. The van der Waals surface area contributed by atoms with Crippen molar-refractivity contribution < 1.29 is 0 Å². The van der Waals surface area contributed by atoms with Crippen LogP contribution in [-0.4, -0.2) is 12.6 Å². The molecular weight excluding hydrogens is 170 g/mol. The van der Waals surface area contributed by atoms with Gasteiger partial charge in [0.05, 0.1) is 0 Å². The van der Waals surface area contributed by atoms with Gasteiger partial charge in [-0.15, -0.1) is 0 Å². The SMILES string of the molecule is CC(C)CC(C)(CNC(C)C)C(C)C. The Morgan fingerprint density at radius 1 is 1.00 bits per heavy atom. The van der Waals surface area contributed by atoms with Crippen LogP contribution in [0.3, 0.4) is 0 Å². The fourth-order valence-electron chi connectivity index (χ4n) is 1.88. The highest BCUT2D eigenvalue weighted by molar-refractivity contribution is 4.81. The van der Waals surface area contributed by atoms with Gasteiger partial charge in [0.2, 0.25) is 0 Å². The van der Waals surface area contributed by atoms with Gasteiger partial charge in [0.25, 0.3) is 0 Å². The van der Waals surface area contributed by atoms with Crippen molar-refractivity contribution in [2.45, 2.75) is 60.9 Å². The van der Waals surface area contributed by atoms with Crippen LogP contribution in [0.15, 0.2) is 0 Å². The first-order valence-electron chi connectivity index (χ1n) is 6.01. The molecule has 0 spiro atoms. The molecule has 0 aliphatic heterocycles. The molecule has 14 heavy (non-hydrogen) atoms. The van der Waals surface area contributed by atoms with Gasteiger partial charge in [0, 0.05) is 12.6 Å². The molecule has 0 aliphatic carbocycles. The van der Waals surface area contributed by atoms with Crippen molar-refractivity contribution in [3.63, 3.8) is 0 Å². The fourth-order valence-corrected chi connectivity index (χ4v) is 1.88. The average molecular weight is 199 g/mol. The third-order valence-corrected chi connectivity index (χ3v) is 3.18. The van der Waals surface area contributed by atoms with Crippen molar-refractivity contribution in [3.8, 4) is 0 Å². The average Bonchev–Trinajstić information content (AvgIpc) is 1.99. The zero-order valence-corrected chi connectivity index (χ0v) is 11.1. The van der Waals surface area contributed by atoms with Crippen molar-refractivity contribution in [3.05, 3.63) is 0 Å². The Morgan fingerprint density at radius 2 is 1.50 bits per heavy atom. The van der Waals surface area contributed by atoms with Crippen LogP contribution in [0.25, 0.3) is 0 Å². The summed E-state index contributed by atoms with van der Waals surface area (Å²) in [6, 6.07) is 0.597. The number of hydrogen-bond donors (Lipinski definition) is 1. The summed E-state index contributed by atoms with van der Waals surface area (Å²) in [4.78, 5) is 0. The minimum absolute atomic E-state index is 0.443. The molecule has 0 radical (unpaired) electrons. The molecule has 0 aromatic rings. The van der Waals surface area contributed by atoms with E-state index in [1.54, 1.807) is 0 Å². The fraction of sp³-hybridized carbons (Fsp3) is 1.00. The quantitative estimate of drug-likeness (QED) is 0.688. The molecule has 0 heterocycles. The summed E-state index contributed by atoms with van der Waals surface area (Å²) in [5, 5.41) is 3.57. The topological polar surface area (TPSA) is 12.0 Å². The minimum Gasteiger partial charge on any atom is -0.314 e. The van der Waals surface area contributed by atoms with E-state index in [1.807, 2.05) is 0 Å². The van der Waals surface area contributed by atoms with E-state index < -0.39 is 0 Å². The van der Waals surface area contributed by atoms with Crippen LogP contribution in [-0.2, 0) is 0 Å². The Kier molecular flexibility index (Phi) is 5.73. The van der Waals surface area contributed by atoms with Gasteiger partial charge in [0.15, 0.2) is 0 Å². The molecule has 1 N–H and O–H groups in total. The Bertz CT molecular complexity index is 149. The van der Waals surface area contributed by atoms with Crippen molar-refractivity contribution in [2.75, 3.05) is 6.54 Å². The van der Waals surface area contributed by atoms with Crippen LogP contribution in [0.2, 0.25) is 0 Å². The lowest BCUT2D eigenvalue weighted by molar-refractivity contribution is 0.162. The first-order valence-corrected chi connectivity index (χ1v) is 6.01. The van der Waals surface area contributed by atoms with E-state index in [4.69, 9.17) is 0 Å². The van der Waals surface area contributed by atoms with Crippen LogP contribution in [0.1, 0.15) is 54.9 Å². The van der Waals surface area contributed by atoms with E-state index in [0.717, 1.165) is 18.4 Å². The Balaban J connectivity index is 4.24. The maximum atomic E-state index is 3.57. The number of nitrogens with one attached hydrogen (secondary N) is 1. The van der Waals surface area contributed by atoms with Gasteiger partial charge < -0.3 is 5.32 Å². The molecule has 0 aliphatic rings. The molecule has 0 fully saturated rings. The zero-order chi connectivity index (χ0) is 11.4. The molecule has 0 amide bonds. The van der Waals surface area contributed by atoms with E-state index >= 15 is 0 Å². The highest BCUT2D eigenvalue weighted by Gasteiger charge is 2.28. The lowest BCUT2D eigenvalue weighted by atomic mass is 9.73. The van der Waals surface area contributed by atoms with Gasteiger partial charge in [-0.05, 0) is 23.7 Å². The van der Waals surface area contributed by atoms with E-state index in [1.165, 1.54) is 6.42 Å². The molecule has 1 atom stereocenters. The number of rotatable bonds is 6. The summed E-state index contributed by atoms with van der Waals surface area (Å²) in [5.41, 5.74) is 0.443. The summed E-state index contributed by atoms with van der Waals surface area (Å²) < 4.78 is 0. The van der Waals surface area contributed by atoms with Crippen LogP contribution < -0.4 is 5.32 Å². The van der Waals surface area contributed by atoms with Crippen LogP contribution in [0.5, 0.6) is 0 Å². The molecule has 1 heteroatoms. The zero-order valence-electron chi connectivity index (χ0n) is 11.1. The van der Waals surface area contributed by atoms with Gasteiger partial charge in [0.1, 0.15) is 0 Å². The van der Waals surface area contributed by atoms with Gasteiger partial charge in [-0.3, -0.25) is 0 Å². The van der Waals surface area contributed by atoms with Gasteiger partial charge in [-0.2, -0.15) is 0 Å². The molecule has 0 aromatic carbocycles. The molecule has 0 bridgehead atoms. The largest absolute Gasteiger partial charge is 0.314 e. The second-order valence-corrected chi connectivity index (χ2v) is 5.94. The summed E-state index contributed by atoms with van der Waals surface area (Å²) in [6.45, 7) is 17.3. The normalized spacial score (nSPS) is 16.7. The van der Waals surface area contributed by atoms with Crippen molar-refractivity contribution in [1.82, 2.24) is 5.32 Å². The molecule has 0 saturated heterocycles. The third kappa shape index (κ3) is 4.99. The highest BCUT2D eigenvalue weighted by Crippen LogP contribution is 2.33. The first-order chi connectivity index (χ1) is 6.28. The first kappa shape index (κ1) is 14.0. The number of hydrogen-bond acceptors (Lipinski definition) is 1. The van der Waals surface area contributed by atoms with E-state index in [0.29, 0.717) is 11.5 Å². The molecular formula is C13H29N. The Labute approximate surface area is 90.7 Å². The van der Waals surface area contributed by atoms with Gasteiger partial charge >= 0.3 is 0 Å². The maximum Gasteiger partial charge on any atom is 0.00106 e. The predicted octanol–water partition coefficient (Wildman–Crippen LogP) is 3.69. The Morgan fingerprint density at radius 3 is 1.79 bits per heavy atom. The lowest BCUT2D eigenvalue weighted by Gasteiger charge is -2.36. The van der Waals surface area contributed by atoms with Crippen LogP contribution >= 0.6 is 0 Å². The summed E-state index contributed by atoms with van der Waals surface area (Å²) in [6.07, 6.45) is 1.31. The highest BCUT2D eigenvalue weighted by atomic mass is 14.9. The van der Waals surface area contributed by atoms with Crippen molar-refractivity contribution in [2.24, 2.45) is 17.3 Å². The second kappa shape index (κ2) is 5.75. The van der Waals surface area contributed by atoms with Crippen molar-refractivity contribution in [1.29, 1.82) is 0 Å². The van der Waals surface area contributed by atoms with Gasteiger partial charge in [-0.25, -0.2) is 0 Å². The van der Waals surface area contributed by atoms with E-state index in [9.17, 15) is 0 Å². The van der Waals surface area contributed by atoms with E-state index in [-0.39, 0.29) is 0 Å². The van der Waals surface area contributed by atoms with Crippen LogP contribution in [0, 0.1) is 17.3 Å². The summed E-state index contributed by atoms with van der Waals surface area (Å²) >= 11 is 0. The third-order valence-electron chi connectivity index (χ3n) is 3.18.